The minimum absolute atomic E-state index is 0.224. The van der Waals surface area contributed by atoms with Crippen LogP contribution in [0.1, 0.15) is 43.9 Å². The molecule has 2 aromatic rings. The van der Waals surface area contributed by atoms with Gasteiger partial charge in [0.2, 0.25) is 5.91 Å². The van der Waals surface area contributed by atoms with E-state index < -0.39 is 0 Å². The smallest absolute Gasteiger partial charge is 0.228 e. The van der Waals surface area contributed by atoms with Crippen LogP contribution in [0, 0.1) is 6.92 Å². The number of likely N-dealkylation sites (tertiary alicyclic amines) is 1. The Hall–Kier alpha value is -1.84. The van der Waals surface area contributed by atoms with Crippen molar-refractivity contribution < 1.29 is 4.79 Å². The number of carbonyl (C=O) groups excluding carboxylic acids is 1. The van der Waals surface area contributed by atoms with Gasteiger partial charge in [-0.3, -0.25) is 4.79 Å². The van der Waals surface area contributed by atoms with Crippen molar-refractivity contribution in [1.29, 1.82) is 0 Å². The minimum atomic E-state index is 0.224. The Bertz CT molecular complexity index is 647. The molecule has 112 valence electrons. The van der Waals surface area contributed by atoms with Crippen LogP contribution in [0.15, 0.2) is 24.5 Å². The molecular weight excluding hydrogens is 262 g/mol. The second kappa shape index (κ2) is 5.88. The SMILES string of the molecule is CCC1CCCCN1C(=O)Cc1cn2ccc(C)cc2n1. The topological polar surface area (TPSA) is 37.6 Å². The zero-order chi connectivity index (χ0) is 14.8. The van der Waals surface area contributed by atoms with Gasteiger partial charge in [0.05, 0.1) is 12.1 Å². The fourth-order valence-corrected chi connectivity index (χ4v) is 3.23. The highest BCUT2D eigenvalue weighted by Gasteiger charge is 2.25. The number of rotatable bonds is 3. The average Bonchev–Trinajstić information content (AvgIpc) is 2.88. The highest BCUT2D eigenvalue weighted by molar-refractivity contribution is 5.79. The Morgan fingerprint density at radius 1 is 1.43 bits per heavy atom. The van der Waals surface area contributed by atoms with Gasteiger partial charge in [-0.2, -0.15) is 0 Å². The van der Waals surface area contributed by atoms with Gasteiger partial charge in [0, 0.05) is 25.0 Å². The molecule has 0 aromatic carbocycles. The molecule has 0 aliphatic carbocycles. The van der Waals surface area contributed by atoms with E-state index in [0.29, 0.717) is 12.5 Å². The van der Waals surface area contributed by atoms with E-state index in [9.17, 15) is 4.79 Å². The van der Waals surface area contributed by atoms with E-state index >= 15 is 0 Å². The second-order valence-corrected chi connectivity index (χ2v) is 6.02. The molecule has 3 heterocycles. The number of imidazole rings is 1. The molecule has 0 bridgehead atoms. The van der Waals surface area contributed by atoms with Gasteiger partial charge in [0.15, 0.2) is 0 Å². The van der Waals surface area contributed by atoms with Crippen LogP contribution in [0.5, 0.6) is 0 Å². The summed E-state index contributed by atoms with van der Waals surface area (Å²) in [5.41, 5.74) is 2.97. The third-order valence-corrected chi connectivity index (χ3v) is 4.42. The molecule has 0 spiro atoms. The lowest BCUT2D eigenvalue weighted by atomic mass is 9.99. The summed E-state index contributed by atoms with van der Waals surface area (Å²) in [5.74, 6) is 0.224. The first-order chi connectivity index (χ1) is 10.2. The zero-order valence-electron chi connectivity index (χ0n) is 12.9. The maximum Gasteiger partial charge on any atom is 0.228 e. The molecule has 1 unspecified atom stereocenters. The maximum atomic E-state index is 12.6. The molecule has 1 aliphatic rings. The van der Waals surface area contributed by atoms with Crippen molar-refractivity contribution in [3.63, 3.8) is 0 Å². The number of amides is 1. The number of hydrogen-bond donors (Lipinski definition) is 0. The molecule has 3 rings (SSSR count). The Labute approximate surface area is 125 Å². The van der Waals surface area contributed by atoms with Gasteiger partial charge in [-0.25, -0.2) is 4.98 Å². The summed E-state index contributed by atoms with van der Waals surface area (Å²) in [6.07, 6.45) is 8.96. The summed E-state index contributed by atoms with van der Waals surface area (Å²) in [7, 11) is 0. The number of fused-ring (bicyclic) bond motifs is 1. The number of pyridine rings is 1. The van der Waals surface area contributed by atoms with Crippen molar-refractivity contribution in [2.24, 2.45) is 0 Å². The quantitative estimate of drug-likeness (QED) is 0.869. The van der Waals surface area contributed by atoms with Crippen molar-refractivity contribution in [3.05, 3.63) is 35.8 Å². The van der Waals surface area contributed by atoms with Crippen molar-refractivity contribution in [3.8, 4) is 0 Å². The second-order valence-electron chi connectivity index (χ2n) is 6.02. The summed E-state index contributed by atoms with van der Waals surface area (Å²) < 4.78 is 1.99. The monoisotopic (exact) mass is 285 g/mol. The molecule has 4 heteroatoms. The molecule has 0 radical (unpaired) electrons. The van der Waals surface area contributed by atoms with E-state index in [4.69, 9.17) is 0 Å². The molecule has 0 saturated carbocycles. The number of aromatic nitrogens is 2. The molecular formula is C17H23N3O. The third-order valence-electron chi connectivity index (χ3n) is 4.42. The van der Waals surface area contributed by atoms with Gasteiger partial charge in [0.1, 0.15) is 5.65 Å². The Morgan fingerprint density at radius 2 is 2.29 bits per heavy atom. The normalized spacial score (nSPS) is 19.1. The van der Waals surface area contributed by atoms with E-state index in [2.05, 4.69) is 29.8 Å². The predicted molar refractivity (Wildman–Crippen MR) is 83.3 cm³/mol. The Kier molecular flexibility index (Phi) is 3.95. The van der Waals surface area contributed by atoms with Crippen LogP contribution < -0.4 is 0 Å². The van der Waals surface area contributed by atoms with Crippen molar-refractivity contribution in [2.75, 3.05) is 6.54 Å². The standard InChI is InChI=1S/C17H23N3O/c1-3-15-6-4-5-8-20(15)17(21)11-14-12-19-9-7-13(2)10-16(19)18-14/h7,9-10,12,15H,3-6,8,11H2,1-2H3. The van der Waals surface area contributed by atoms with E-state index in [1.165, 1.54) is 12.0 Å². The summed E-state index contributed by atoms with van der Waals surface area (Å²) in [5, 5.41) is 0. The molecule has 1 aliphatic heterocycles. The van der Waals surface area contributed by atoms with Gasteiger partial charge in [-0.05, 0) is 50.3 Å². The van der Waals surface area contributed by atoms with Gasteiger partial charge in [-0.15, -0.1) is 0 Å². The fourth-order valence-electron chi connectivity index (χ4n) is 3.23. The number of carbonyl (C=O) groups is 1. The van der Waals surface area contributed by atoms with Crippen LogP contribution in [0.2, 0.25) is 0 Å². The van der Waals surface area contributed by atoms with Crippen LogP contribution in [-0.2, 0) is 11.2 Å². The minimum Gasteiger partial charge on any atom is -0.339 e. The molecule has 4 nitrogen and oxygen atoms in total. The van der Waals surface area contributed by atoms with Crippen LogP contribution in [0.4, 0.5) is 0 Å². The first-order valence-corrected chi connectivity index (χ1v) is 7.91. The lowest BCUT2D eigenvalue weighted by molar-refractivity contribution is -0.134. The van der Waals surface area contributed by atoms with Crippen LogP contribution in [0.25, 0.3) is 5.65 Å². The van der Waals surface area contributed by atoms with Gasteiger partial charge >= 0.3 is 0 Å². The molecule has 1 fully saturated rings. The van der Waals surface area contributed by atoms with E-state index in [1.54, 1.807) is 0 Å². The molecule has 2 aromatic heterocycles. The summed E-state index contributed by atoms with van der Waals surface area (Å²) in [4.78, 5) is 19.2. The Balaban J connectivity index is 1.76. The van der Waals surface area contributed by atoms with Crippen LogP contribution in [0.3, 0.4) is 0 Å². The lowest BCUT2D eigenvalue weighted by Crippen LogP contribution is -2.44. The number of hydrogen-bond acceptors (Lipinski definition) is 2. The summed E-state index contributed by atoms with van der Waals surface area (Å²) in [6.45, 7) is 5.13. The highest BCUT2D eigenvalue weighted by Crippen LogP contribution is 2.20. The molecule has 1 amide bonds. The third kappa shape index (κ3) is 2.94. The highest BCUT2D eigenvalue weighted by atomic mass is 16.2. The number of piperidine rings is 1. The average molecular weight is 285 g/mol. The fraction of sp³-hybridized carbons (Fsp3) is 0.529. The van der Waals surface area contributed by atoms with Crippen LogP contribution >= 0.6 is 0 Å². The zero-order valence-corrected chi connectivity index (χ0v) is 12.9. The van der Waals surface area contributed by atoms with Gasteiger partial charge in [-0.1, -0.05) is 6.92 Å². The first-order valence-electron chi connectivity index (χ1n) is 7.91. The van der Waals surface area contributed by atoms with Crippen molar-refractivity contribution in [2.45, 2.75) is 52.0 Å². The molecule has 21 heavy (non-hydrogen) atoms. The largest absolute Gasteiger partial charge is 0.339 e. The van der Waals surface area contributed by atoms with E-state index in [1.807, 2.05) is 22.9 Å². The summed E-state index contributed by atoms with van der Waals surface area (Å²) in [6, 6.07) is 4.52. The van der Waals surface area contributed by atoms with Crippen molar-refractivity contribution in [1.82, 2.24) is 14.3 Å². The molecule has 0 N–H and O–H groups in total. The van der Waals surface area contributed by atoms with Crippen LogP contribution in [-0.4, -0.2) is 32.8 Å². The van der Waals surface area contributed by atoms with E-state index in [-0.39, 0.29) is 5.91 Å². The number of aryl methyl sites for hydroxylation is 1. The van der Waals surface area contributed by atoms with Crippen molar-refractivity contribution >= 4 is 11.6 Å². The predicted octanol–water partition coefficient (Wildman–Crippen LogP) is 2.98. The summed E-state index contributed by atoms with van der Waals surface area (Å²) >= 11 is 0. The molecule has 1 atom stereocenters. The molecule has 1 saturated heterocycles. The first kappa shape index (κ1) is 14.1. The van der Waals surface area contributed by atoms with Gasteiger partial charge in [0.25, 0.3) is 0 Å². The lowest BCUT2D eigenvalue weighted by Gasteiger charge is -2.35. The Morgan fingerprint density at radius 3 is 3.10 bits per heavy atom. The maximum absolute atomic E-state index is 12.6. The van der Waals surface area contributed by atoms with Gasteiger partial charge < -0.3 is 9.30 Å². The number of nitrogens with zero attached hydrogens (tertiary/aromatic N) is 3. The van der Waals surface area contributed by atoms with E-state index in [0.717, 1.165) is 37.1 Å².